The van der Waals surface area contributed by atoms with Crippen molar-refractivity contribution in [3.63, 3.8) is 0 Å². The van der Waals surface area contributed by atoms with Crippen molar-refractivity contribution in [3.05, 3.63) is 62.0 Å². The molecule has 138 valence electrons. The van der Waals surface area contributed by atoms with Gasteiger partial charge in [0.05, 0.1) is 10.5 Å². The largest absolute Gasteiger partial charge is 0.313 e. The van der Waals surface area contributed by atoms with E-state index in [1.807, 2.05) is 0 Å². The Hall–Kier alpha value is -2.98. The highest BCUT2D eigenvalue weighted by Gasteiger charge is 2.19. The predicted molar refractivity (Wildman–Crippen MR) is 106 cm³/mol. The van der Waals surface area contributed by atoms with Gasteiger partial charge in [-0.25, -0.2) is 0 Å². The van der Waals surface area contributed by atoms with Gasteiger partial charge < -0.3 is 5.32 Å². The highest BCUT2D eigenvalue weighted by atomic mass is 32.1. The molecule has 1 amide bonds. The quantitative estimate of drug-likeness (QED) is 0.466. The third-order valence-electron chi connectivity index (χ3n) is 4.53. The van der Waals surface area contributed by atoms with Gasteiger partial charge in [0.25, 0.3) is 5.69 Å². The first-order chi connectivity index (χ1) is 13.1. The van der Waals surface area contributed by atoms with Gasteiger partial charge in [0, 0.05) is 23.1 Å². The summed E-state index contributed by atoms with van der Waals surface area (Å²) in [5.41, 5.74) is 2.20. The average molecular weight is 381 g/mol. The van der Waals surface area contributed by atoms with Gasteiger partial charge in [-0.1, -0.05) is 25.0 Å². The van der Waals surface area contributed by atoms with Crippen molar-refractivity contribution in [2.75, 3.05) is 5.32 Å². The molecule has 1 aromatic heterocycles. The van der Waals surface area contributed by atoms with Crippen LogP contribution in [-0.4, -0.2) is 10.8 Å². The van der Waals surface area contributed by atoms with Crippen LogP contribution >= 0.6 is 11.3 Å². The van der Waals surface area contributed by atoms with Crippen LogP contribution in [0.25, 0.3) is 6.08 Å². The smallest absolute Gasteiger partial charge is 0.270 e. The zero-order chi connectivity index (χ0) is 19.2. The molecule has 3 rings (SSSR count). The van der Waals surface area contributed by atoms with E-state index in [2.05, 4.69) is 11.4 Å². The van der Waals surface area contributed by atoms with E-state index in [1.165, 1.54) is 53.3 Å². The SMILES string of the molecule is N#Cc1c(NC(=O)C=Cc2cccc([N+](=O)[O-])c2)sc2c1CCCCCC2. The molecule has 0 aliphatic heterocycles. The number of hydrogen-bond acceptors (Lipinski definition) is 5. The Balaban J connectivity index is 1.76. The first-order valence-electron chi connectivity index (χ1n) is 8.86. The Morgan fingerprint density at radius 1 is 1.26 bits per heavy atom. The van der Waals surface area contributed by atoms with E-state index in [9.17, 15) is 20.2 Å². The summed E-state index contributed by atoms with van der Waals surface area (Å²) < 4.78 is 0. The third kappa shape index (κ3) is 4.60. The number of thiophene rings is 1. The van der Waals surface area contributed by atoms with E-state index in [0.29, 0.717) is 16.1 Å². The molecule has 0 bridgehead atoms. The fourth-order valence-electron chi connectivity index (χ4n) is 3.19. The Kier molecular flexibility index (Phi) is 5.99. The van der Waals surface area contributed by atoms with E-state index in [4.69, 9.17) is 0 Å². The lowest BCUT2D eigenvalue weighted by Crippen LogP contribution is -2.07. The van der Waals surface area contributed by atoms with Gasteiger partial charge in [0.15, 0.2) is 0 Å². The molecule has 1 aliphatic rings. The lowest BCUT2D eigenvalue weighted by atomic mass is 9.97. The minimum atomic E-state index is -0.474. The second-order valence-corrected chi connectivity index (χ2v) is 7.51. The van der Waals surface area contributed by atoms with Crippen molar-refractivity contribution in [3.8, 4) is 6.07 Å². The normalized spacial score (nSPS) is 14.0. The Labute approximate surface area is 161 Å². The van der Waals surface area contributed by atoms with E-state index < -0.39 is 4.92 Å². The topological polar surface area (TPSA) is 96.0 Å². The van der Waals surface area contributed by atoms with Gasteiger partial charge in [0.2, 0.25) is 5.91 Å². The highest BCUT2D eigenvalue weighted by Crippen LogP contribution is 2.36. The molecule has 0 saturated heterocycles. The molecule has 0 unspecified atom stereocenters. The van der Waals surface area contributed by atoms with Crippen LogP contribution in [0.2, 0.25) is 0 Å². The molecule has 1 heterocycles. The fraction of sp³-hybridized carbons (Fsp3) is 0.300. The van der Waals surface area contributed by atoms with E-state index >= 15 is 0 Å². The molecule has 0 atom stereocenters. The lowest BCUT2D eigenvalue weighted by Gasteiger charge is -2.08. The summed E-state index contributed by atoms with van der Waals surface area (Å²) >= 11 is 1.49. The number of benzene rings is 1. The number of anilines is 1. The van der Waals surface area contributed by atoms with Gasteiger partial charge in [-0.3, -0.25) is 14.9 Å². The second-order valence-electron chi connectivity index (χ2n) is 6.41. The number of carbonyl (C=O) groups excluding carboxylic acids is 1. The predicted octanol–water partition coefficient (Wildman–Crippen LogP) is 4.84. The monoisotopic (exact) mass is 381 g/mol. The number of amides is 1. The number of nitrogens with zero attached hydrogens (tertiary/aromatic N) is 2. The molecule has 27 heavy (non-hydrogen) atoms. The second kappa shape index (κ2) is 8.60. The summed E-state index contributed by atoms with van der Waals surface area (Å²) in [6, 6.07) is 8.31. The van der Waals surface area contributed by atoms with E-state index in [0.717, 1.165) is 31.2 Å². The van der Waals surface area contributed by atoms with Crippen LogP contribution in [0.3, 0.4) is 0 Å². The molecule has 0 saturated carbocycles. The molecule has 1 N–H and O–H groups in total. The number of nitro groups is 1. The maximum Gasteiger partial charge on any atom is 0.270 e. The fourth-order valence-corrected chi connectivity index (χ4v) is 4.44. The van der Waals surface area contributed by atoms with Crippen molar-refractivity contribution < 1.29 is 9.72 Å². The number of rotatable bonds is 4. The van der Waals surface area contributed by atoms with Gasteiger partial charge in [0.1, 0.15) is 11.1 Å². The number of nitriles is 1. The van der Waals surface area contributed by atoms with Crippen LogP contribution in [-0.2, 0) is 17.6 Å². The zero-order valence-corrected chi connectivity index (χ0v) is 15.6. The number of non-ortho nitro benzene ring substituents is 1. The minimum Gasteiger partial charge on any atom is -0.313 e. The molecule has 0 radical (unpaired) electrons. The highest BCUT2D eigenvalue weighted by molar-refractivity contribution is 7.16. The number of carbonyl (C=O) groups is 1. The standard InChI is InChI=1S/C20H19N3O3S/c21-13-17-16-8-3-1-2-4-9-18(16)27-20(17)22-19(24)11-10-14-6-5-7-15(12-14)23(25)26/h5-7,10-12H,1-4,8-9H2,(H,22,24). The van der Waals surface area contributed by atoms with Crippen molar-refractivity contribution in [1.82, 2.24) is 0 Å². The summed E-state index contributed by atoms with van der Waals surface area (Å²) in [7, 11) is 0. The van der Waals surface area contributed by atoms with E-state index in [-0.39, 0.29) is 11.6 Å². The molecule has 2 aromatic rings. The molecule has 1 aliphatic carbocycles. The summed E-state index contributed by atoms with van der Waals surface area (Å²) in [5.74, 6) is -0.354. The van der Waals surface area contributed by atoms with E-state index in [1.54, 1.807) is 12.1 Å². The average Bonchev–Trinajstić information content (AvgIpc) is 2.95. The number of aryl methyl sites for hydroxylation is 1. The maximum absolute atomic E-state index is 12.3. The van der Waals surface area contributed by atoms with Crippen LogP contribution in [0, 0.1) is 21.4 Å². The molecule has 6 nitrogen and oxygen atoms in total. The first-order valence-corrected chi connectivity index (χ1v) is 9.68. The first kappa shape index (κ1) is 18.8. The van der Waals surface area contributed by atoms with Crippen LogP contribution < -0.4 is 5.32 Å². The zero-order valence-electron chi connectivity index (χ0n) is 14.7. The maximum atomic E-state index is 12.3. The Morgan fingerprint density at radius 3 is 2.78 bits per heavy atom. The minimum absolute atomic E-state index is 0.0256. The van der Waals surface area contributed by atoms with Crippen molar-refractivity contribution in [2.24, 2.45) is 0 Å². The summed E-state index contributed by atoms with van der Waals surface area (Å²) in [5, 5.41) is 23.8. The van der Waals surface area contributed by atoms with Crippen LogP contribution in [0.1, 0.15) is 47.3 Å². The molecular formula is C20H19N3O3S. The van der Waals surface area contributed by atoms with Gasteiger partial charge in [-0.05, 0) is 42.9 Å². The number of nitro benzene ring substituents is 1. The van der Waals surface area contributed by atoms with Gasteiger partial charge in [-0.2, -0.15) is 5.26 Å². The molecule has 1 aromatic carbocycles. The van der Waals surface area contributed by atoms with Crippen molar-refractivity contribution in [1.29, 1.82) is 5.26 Å². The van der Waals surface area contributed by atoms with Crippen molar-refractivity contribution >= 4 is 34.0 Å². The number of hydrogen-bond donors (Lipinski definition) is 1. The van der Waals surface area contributed by atoms with Crippen molar-refractivity contribution in [2.45, 2.75) is 38.5 Å². The van der Waals surface area contributed by atoms with Gasteiger partial charge in [-0.15, -0.1) is 11.3 Å². The Bertz CT molecular complexity index is 940. The lowest BCUT2D eigenvalue weighted by molar-refractivity contribution is -0.384. The Morgan fingerprint density at radius 2 is 2.04 bits per heavy atom. The van der Waals surface area contributed by atoms with Crippen LogP contribution in [0.15, 0.2) is 30.3 Å². The van der Waals surface area contributed by atoms with Crippen LogP contribution in [0.4, 0.5) is 10.7 Å². The van der Waals surface area contributed by atoms with Crippen LogP contribution in [0.5, 0.6) is 0 Å². The summed E-state index contributed by atoms with van der Waals surface area (Å²) in [6.45, 7) is 0. The third-order valence-corrected chi connectivity index (χ3v) is 5.74. The van der Waals surface area contributed by atoms with Gasteiger partial charge >= 0.3 is 0 Å². The molecule has 0 fully saturated rings. The molecule has 0 spiro atoms. The molecule has 7 heteroatoms. The summed E-state index contributed by atoms with van der Waals surface area (Å²) in [6.07, 6.45) is 9.25. The number of nitrogens with one attached hydrogen (secondary N) is 1. The molecular weight excluding hydrogens is 362 g/mol. The number of fused-ring (bicyclic) bond motifs is 1. The summed E-state index contributed by atoms with van der Waals surface area (Å²) in [4.78, 5) is 23.8.